The molecule has 1 heterocycles. The molecule has 0 bridgehead atoms. The van der Waals surface area contributed by atoms with Crippen LogP contribution in [0.15, 0.2) is 5.38 Å². The molecule has 3 heteroatoms. The minimum Gasteiger partial charge on any atom is -0.312 e. The maximum atomic E-state index is 4.68. The van der Waals surface area contributed by atoms with Gasteiger partial charge in [-0.15, -0.1) is 11.3 Å². The number of hydrogen-bond donors (Lipinski definition) is 1. The summed E-state index contributed by atoms with van der Waals surface area (Å²) in [4.78, 5) is 4.68. The molecule has 86 valence electrons. The first-order valence-corrected chi connectivity index (χ1v) is 6.66. The Morgan fingerprint density at radius 3 is 2.73 bits per heavy atom. The second kappa shape index (κ2) is 6.23. The van der Waals surface area contributed by atoms with E-state index in [0.717, 1.165) is 18.8 Å². The van der Waals surface area contributed by atoms with Gasteiger partial charge in [-0.1, -0.05) is 20.8 Å². The standard InChI is InChI=1S/C12H22N2S/c1-5-10(13-4)11-8-15-12(14-11)7-6-9(2)3/h8-10,13H,5-7H2,1-4H3. The van der Waals surface area contributed by atoms with Crippen molar-refractivity contribution in [2.24, 2.45) is 5.92 Å². The molecule has 0 aliphatic heterocycles. The molecule has 2 nitrogen and oxygen atoms in total. The molecule has 15 heavy (non-hydrogen) atoms. The summed E-state index contributed by atoms with van der Waals surface area (Å²) in [6.45, 7) is 6.71. The van der Waals surface area contributed by atoms with E-state index in [1.807, 2.05) is 7.05 Å². The van der Waals surface area contributed by atoms with E-state index in [2.05, 4.69) is 36.5 Å². The molecule has 0 fully saturated rings. The summed E-state index contributed by atoms with van der Waals surface area (Å²) in [6.07, 6.45) is 3.47. The first-order valence-electron chi connectivity index (χ1n) is 5.78. The second-order valence-electron chi connectivity index (χ2n) is 4.35. The maximum absolute atomic E-state index is 4.68. The third kappa shape index (κ3) is 3.92. The summed E-state index contributed by atoms with van der Waals surface area (Å²) in [5, 5.41) is 6.77. The molecule has 0 saturated carbocycles. The van der Waals surface area contributed by atoms with Crippen LogP contribution in [0.1, 0.15) is 50.4 Å². The highest BCUT2D eigenvalue weighted by atomic mass is 32.1. The van der Waals surface area contributed by atoms with Gasteiger partial charge in [0.05, 0.1) is 10.7 Å². The van der Waals surface area contributed by atoms with Gasteiger partial charge >= 0.3 is 0 Å². The largest absolute Gasteiger partial charge is 0.312 e. The van der Waals surface area contributed by atoms with Crippen molar-refractivity contribution < 1.29 is 0 Å². The number of aromatic nitrogens is 1. The van der Waals surface area contributed by atoms with Gasteiger partial charge in [0.25, 0.3) is 0 Å². The molecule has 1 unspecified atom stereocenters. The zero-order valence-electron chi connectivity index (χ0n) is 10.2. The molecular weight excluding hydrogens is 204 g/mol. The van der Waals surface area contributed by atoms with Crippen molar-refractivity contribution in [2.45, 2.75) is 46.1 Å². The molecule has 0 saturated heterocycles. The van der Waals surface area contributed by atoms with Gasteiger partial charge in [-0.05, 0) is 32.2 Å². The van der Waals surface area contributed by atoms with Crippen LogP contribution in [0.4, 0.5) is 0 Å². The van der Waals surface area contributed by atoms with Crippen molar-refractivity contribution in [3.63, 3.8) is 0 Å². The molecule has 0 aromatic carbocycles. The monoisotopic (exact) mass is 226 g/mol. The quantitative estimate of drug-likeness (QED) is 0.804. The molecule has 1 N–H and O–H groups in total. The van der Waals surface area contributed by atoms with Crippen LogP contribution >= 0.6 is 11.3 Å². The normalized spacial score (nSPS) is 13.4. The van der Waals surface area contributed by atoms with Gasteiger partial charge in [-0.2, -0.15) is 0 Å². The molecule has 0 spiro atoms. The first-order chi connectivity index (χ1) is 7.17. The van der Waals surface area contributed by atoms with Gasteiger partial charge in [-0.25, -0.2) is 4.98 Å². The highest BCUT2D eigenvalue weighted by Gasteiger charge is 2.10. The van der Waals surface area contributed by atoms with E-state index in [1.54, 1.807) is 11.3 Å². The number of nitrogens with one attached hydrogen (secondary N) is 1. The van der Waals surface area contributed by atoms with Crippen LogP contribution < -0.4 is 5.32 Å². The van der Waals surface area contributed by atoms with Crippen LogP contribution in [-0.4, -0.2) is 12.0 Å². The third-order valence-electron chi connectivity index (χ3n) is 2.62. The molecule has 1 aromatic heterocycles. The zero-order chi connectivity index (χ0) is 11.3. The summed E-state index contributed by atoms with van der Waals surface area (Å²) >= 11 is 1.80. The molecule has 1 aromatic rings. The van der Waals surface area contributed by atoms with Crippen molar-refractivity contribution in [1.82, 2.24) is 10.3 Å². The van der Waals surface area contributed by atoms with Crippen molar-refractivity contribution >= 4 is 11.3 Å². The lowest BCUT2D eigenvalue weighted by Crippen LogP contribution is -2.15. The van der Waals surface area contributed by atoms with Crippen molar-refractivity contribution in [3.8, 4) is 0 Å². The summed E-state index contributed by atoms with van der Waals surface area (Å²) in [6, 6.07) is 0.425. The highest BCUT2D eigenvalue weighted by Crippen LogP contribution is 2.20. The van der Waals surface area contributed by atoms with Crippen molar-refractivity contribution in [1.29, 1.82) is 0 Å². The number of rotatable bonds is 6. The van der Waals surface area contributed by atoms with Crippen molar-refractivity contribution in [2.75, 3.05) is 7.05 Å². The van der Waals surface area contributed by atoms with Crippen LogP contribution in [0.5, 0.6) is 0 Å². The van der Waals surface area contributed by atoms with Gasteiger partial charge in [-0.3, -0.25) is 0 Å². The summed E-state index contributed by atoms with van der Waals surface area (Å²) in [5.41, 5.74) is 1.21. The summed E-state index contributed by atoms with van der Waals surface area (Å²) in [7, 11) is 2.00. The molecule has 0 aliphatic rings. The average molecular weight is 226 g/mol. The Bertz CT molecular complexity index is 277. The second-order valence-corrected chi connectivity index (χ2v) is 5.29. The summed E-state index contributed by atoms with van der Waals surface area (Å²) in [5.74, 6) is 0.767. The highest BCUT2D eigenvalue weighted by molar-refractivity contribution is 7.09. The zero-order valence-corrected chi connectivity index (χ0v) is 11.0. The Labute approximate surface area is 97.1 Å². The van der Waals surface area contributed by atoms with Crippen LogP contribution in [0.3, 0.4) is 0 Å². The smallest absolute Gasteiger partial charge is 0.0929 e. The molecule has 0 amide bonds. The first kappa shape index (κ1) is 12.7. The van der Waals surface area contributed by atoms with E-state index in [0.29, 0.717) is 6.04 Å². The molecule has 0 radical (unpaired) electrons. The minimum atomic E-state index is 0.425. The van der Waals surface area contributed by atoms with E-state index in [4.69, 9.17) is 0 Å². The third-order valence-corrected chi connectivity index (χ3v) is 3.55. The van der Waals surface area contributed by atoms with E-state index in [9.17, 15) is 0 Å². The fraction of sp³-hybridized carbons (Fsp3) is 0.750. The van der Waals surface area contributed by atoms with Gasteiger partial charge in [0, 0.05) is 11.4 Å². The number of hydrogen-bond acceptors (Lipinski definition) is 3. The Kier molecular flexibility index (Phi) is 5.26. The number of aryl methyl sites for hydroxylation is 1. The molecule has 1 rings (SSSR count). The topological polar surface area (TPSA) is 24.9 Å². The lowest BCUT2D eigenvalue weighted by Gasteiger charge is -2.09. The van der Waals surface area contributed by atoms with E-state index in [1.165, 1.54) is 17.1 Å². The van der Waals surface area contributed by atoms with Crippen LogP contribution in [0.25, 0.3) is 0 Å². The average Bonchev–Trinajstić information content (AvgIpc) is 2.65. The fourth-order valence-corrected chi connectivity index (χ4v) is 2.44. The molecule has 0 aliphatic carbocycles. The van der Waals surface area contributed by atoms with E-state index >= 15 is 0 Å². The van der Waals surface area contributed by atoms with E-state index in [-0.39, 0.29) is 0 Å². The predicted octanol–water partition coefficient (Wildman–Crippen LogP) is 3.40. The fourth-order valence-electron chi connectivity index (χ4n) is 1.57. The Morgan fingerprint density at radius 1 is 1.47 bits per heavy atom. The summed E-state index contributed by atoms with van der Waals surface area (Å²) < 4.78 is 0. The predicted molar refractivity (Wildman–Crippen MR) is 67.4 cm³/mol. The van der Waals surface area contributed by atoms with Crippen LogP contribution in [-0.2, 0) is 6.42 Å². The molecular formula is C12H22N2S. The van der Waals surface area contributed by atoms with Gasteiger partial charge in [0.2, 0.25) is 0 Å². The Morgan fingerprint density at radius 2 is 2.20 bits per heavy atom. The maximum Gasteiger partial charge on any atom is 0.0929 e. The lowest BCUT2D eigenvalue weighted by atomic mass is 10.1. The lowest BCUT2D eigenvalue weighted by molar-refractivity contribution is 0.557. The van der Waals surface area contributed by atoms with E-state index < -0.39 is 0 Å². The molecule has 1 atom stereocenters. The Balaban J connectivity index is 2.55. The Hall–Kier alpha value is -0.410. The van der Waals surface area contributed by atoms with Gasteiger partial charge in [0.1, 0.15) is 0 Å². The SMILES string of the molecule is CCC(NC)c1csc(CCC(C)C)n1. The minimum absolute atomic E-state index is 0.425. The number of nitrogens with zero attached hydrogens (tertiary/aromatic N) is 1. The number of thiazole rings is 1. The van der Waals surface area contributed by atoms with Crippen molar-refractivity contribution in [3.05, 3.63) is 16.1 Å². The van der Waals surface area contributed by atoms with Crippen LogP contribution in [0.2, 0.25) is 0 Å². The van der Waals surface area contributed by atoms with Gasteiger partial charge < -0.3 is 5.32 Å². The van der Waals surface area contributed by atoms with Gasteiger partial charge in [0.15, 0.2) is 0 Å². The van der Waals surface area contributed by atoms with Crippen LogP contribution in [0, 0.1) is 5.92 Å².